The van der Waals surface area contributed by atoms with Crippen LogP contribution in [-0.4, -0.2) is 44.4 Å². The molecule has 0 amide bonds. The number of nitrogens with one attached hydrogen (secondary N) is 1. The highest BCUT2D eigenvalue weighted by molar-refractivity contribution is 7.89. The summed E-state index contributed by atoms with van der Waals surface area (Å²) in [5, 5.41) is 8.54. The standard InChI is InChI=1S/C15H21NO6S/c1-15(2)9-11(7-8-22-15)16-23(19,20)13-5-3-12(4-6-13)21-10-14(17)18/h3-6,11,16H,7-10H2,1-2H3,(H,17,18). The van der Waals surface area contributed by atoms with Crippen molar-refractivity contribution in [2.24, 2.45) is 0 Å². The fourth-order valence-corrected chi connectivity index (χ4v) is 3.75. The summed E-state index contributed by atoms with van der Waals surface area (Å²) in [7, 11) is -3.64. The summed E-state index contributed by atoms with van der Waals surface area (Å²) >= 11 is 0. The molecule has 0 aliphatic carbocycles. The van der Waals surface area contributed by atoms with Crippen LogP contribution in [0.2, 0.25) is 0 Å². The highest BCUT2D eigenvalue weighted by Gasteiger charge is 2.31. The first-order chi connectivity index (χ1) is 10.7. The minimum Gasteiger partial charge on any atom is -0.482 e. The molecule has 1 saturated heterocycles. The molecule has 1 atom stereocenters. The van der Waals surface area contributed by atoms with Crippen molar-refractivity contribution in [3.8, 4) is 5.75 Å². The van der Waals surface area contributed by atoms with Crippen LogP contribution in [0.5, 0.6) is 5.75 Å². The van der Waals surface area contributed by atoms with E-state index in [1.54, 1.807) is 0 Å². The fraction of sp³-hybridized carbons (Fsp3) is 0.533. The molecule has 1 aromatic carbocycles. The van der Waals surface area contributed by atoms with E-state index in [1.165, 1.54) is 24.3 Å². The molecule has 1 unspecified atom stereocenters. The largest absolute Gasteiger partial charge is 0.482 e. The van der Waals surface area contributed by atoms with Gasteiger partial charge in [0.2, 0.25) is 10.0 Å². The molecule has 1 aromatic rings. The number of carboxylic acid groups (broad SMARTS) is 1. The van der Waals surface area contributed by atoms with Crippen molar-refractivity contribution in [3.05, 3.63) is 24.3 Å². The average Bonchev–Trinajstić information content (AvgIpc) is 2.44. The van der Waals surface area contributed by atoms with E-state index in [4.69, 9.17) is 14.6 Å². The Balaban J connectivity index is 2.03. The van der Waals surface area contributed by atoms with Crippen LogP contribution in [0.15, 0.2) is 29.2 Å². The van der Waals surface area contributed by atoms with Gasteiger partial charge in [-0.2, -0.15) is 0 Å². The number of hydrogen-bond acceptors (Lipinski definition) is 5. The van der Waals surface area contributed by atoms with Crippen molar-refractivity contribution in [3.63, 3.8) is 0 Å². The summed E-state index contributed by atoms with van der Waals surface area (Å²) in [6, 6.07) is 5.48. The van der Waals surface area contributed by atoms with Crippen LogP contribution >= 0.6 is 0 Å². The number of carboxylic acids is 1. The number of benzene rings is 1. The van der Waals surface area contributed by atoms with Gasteiger partial charge in [0.15, 0.2) is 6.61 Å². The third-order valence-electron chi connectivity index (χ3n) is 3.52. The molecule has 1 aliphatic rings. The first-order valence-corrected chi connectivity index (χ1v) is 8.77. The topological polar surface area (TPSA) is 102 Å². The maximum Gasteiger partial charge on any atom is 0.341 e. The first-order valence-electron chi connectivity index (χ1n) is 7.29. The van der Waals surface area contributed by atoms with E-state index in [0.29, 0.717) is 25.2 Å². The molecule has 7 nitrogen and oxygen atoms in total. The zero-order chi connectivity index (χ0) is 17.1. The molecule has 1 aliphatic heterocycles. The van der Waals surface area contributed by atoms with E-state index >= 15 is 0 Å². The molecule has 0 spiro atoms. The quantitative estimate of drug-likeness (QED) is 0.809. The normalized spacial score (nSPS) is 20.9. The van der Waals surface area contributed by atoms with Gasteiger partial charge in [-0.1, -0.05) is 0 Å². The number of aliphatic carboxylic acids is 1. The fourth-order valence-electron chi connectivity index (χ4n) is 2.48. The minimum absolute atomic E-state index is 0.115. The zero-order valence-corrected chi connectivity index (χ0v) is 13.9. The van der Waals surface area contributed by atoms with E-state index in [0.717, 1.165) is 0 Å². The Morgan fingerprint density at radius 3 is 2.61 bits per heavy atom. The second-order valence-electron chi connectivity index (χ2n) is 6.07. The van der Waals surface area contributed by atoms with Crippen LogP contribution in [0.4, 0.5) is 0 Å². The van der Waals surface area contributed by atoms with Crippen molar-refractivity contribution >= 4 is 16.0 Å². The predicted molar refractivity (Wildman–Crippen MR) is 82.9 cm³/mol. The summed E-state index contributed by atoms with van der Waals surface area (Å²) in [5.41, 5.74) is -0.347. The van der Waals surface area contributed by atoms with E-state index < -0.39 is 22.6 Å². The molecule has 1 heterocycles. The average molecular weight is 343 g/mol. The molecule has 128 valence electrons. The van der Waals surface area contributed by atoms with Crippen molar-refractivity contribution in [1.82, 2.24) is 4.72 Å². The van der Waals surface area contributed by atoms with Gasteiger partial charge in [0, 0.05) is 12.6 Å². The van der Waals surface area contributed by atoms with Crippen LogP contribution in [0, 0.1) is 0 Å². The van der Waals surface area contributed by atoms with Crippen LogP contribution in [-0.2, 0) is 19.6 Å². The lowest BCUT2D eigenvalue weighted by atomic mass is 9.95. The second-order valence-corrected chi connectivity index (χ2v) is 7.79. The third kappa shape index (κ3) is 5.19. The summed E-state index contributed by atoms with van der Waals surface area (Å²) in [6.07, 6.45) is 1.23. The van der Waals surface area contributed by atoms with Gasteiger partial charge >= 0.3 is 5.97 Å². The highest BCUT2D eigenvalue weighted by Crippen LogP contribution is 2.25. The number of hydrogen-bond donors (Lipinski definition) is 2. The first kappa shape index (κ1) is 17.7. The molecular formula is C15H21NO6S. The van der Waals surface area contributed by atoms with Crippen LogP contribution in [0.3, 0.4) is 0 Å². The smallest absolute Gasteiger partial charge is 0.341 e. The number of sulfonamides is 1. The molecular weight excluding hydrogens is 322 g/mol. The summed E-state index contributed by atoms with van der Waals surface area (Å²) in [5.74, 6) is -0.788. The summed E-state index contributed by atoms with van der Waals surface area (Å²) in [6.45, 7) is 3.91. The zero-order valence-electron chi connectivity index (χ0n) is 13.1. The van der Waals surface area contributed by atoms with E-state index in [9.17, 15) is 13.2 Å². The SMILES string of the molecule is CC1(C)CC(NS(=O)(=O)c2ccc(OCC(=O)O)cc2)CCO1. The lowest BCUT2D eigenvalue weighted by molar-refractivity contribution is -0.139. The Kier molecular flexibility index (Phi) is 5.28. The van der Waals surface area contributed by atoms with Crippen LogP contribution < -0.4 is 9.46 Å². The van der Waals surface area contributed by atoms with E-state index in [-0.39, 0.29) is 16.5 Å². The Morgan fingerprint density at radius 1 is 1.39 bits per heavy atom. The number of rotatable bonds is 6. The summed E-state index contributed by atoms with van der Waals surface area (Å²) < 4.78 is 38.1. The number of ether oxygens (including phenoxy) is 2. The lowest BCUT2D eigenvalue weighted by Gasteiger charge is -2.35. The van der Waals surface area contributed by atoms with Crippen molar-refractivity contribution < 1.29 is 27.8 Å². The molecule has 2 N–H and O–H groups in total. The van der Waals surface area contributed by atoms with Gasteiger partial charge in [-0.05, 0) is 51.0 Å². The van der Waals surface area contributed by atoms with E-state index in [1.807, 2.05) is 13.8 Å². The molecule has 23 heavy (non-hydrogen) atoms. The summed E-state index contributed by atoms with van der Waals surface area (Å²) in [4.78, 5) is 10.5. The Hall–Kier alpha value is -1.64. The van der Waals surface area contributed by atoms with Gasteiger partial charge in [0.05, 0.1) is 10.5 Å². The Morgan fingerprint density at radius 2 is 2.04 bits per heavy atom. The van der Waals surface area contributed by atoms with Crippen molar-refractivity contribution in [1.29, 1.82) is 0 Å². The lowest BCUT2D eigenvalue weighted by Crippen LogP contribution is -2.45. The Bertz CT molecular complexity index is 653. The maximum atomic E-state index is 12.4. The monoisotopic (exact) mass is 343 g/mol. The third-order valence-corrected chi connectivity index (χ3v) is 5.05. The van der Waals surface area contributed by atoms with Gasteiger partial charge in [-0.15, -0.1) is 0 Å². The molecule has 8 heteroatoms. The predicted octanol–water partition coefficient (Wildman–Crippen LogP) is 1.39. The Labute approximate surface area is 135 Å². The molecule has 0 aromatic heterocycles. The van der Waals surface area contributed by atoms with Crippen LogP contribution in [0.1, 0.15) is 26.7 Å². The highest BCUT2D eigenvalue weighted by atomic mass is 32.2. The molecule has 0 saturated carbocycles. The van der Waals surface area contributed by atoms with Gasteiger partial charge in [-0.25, -0.2) is 17.9 Å². The molecule has 0 bridgehead atoms. The van der Waals surface area contributed by atoms with Crippen LogP contribution in [0.25, 0.3) is 0 Å². The van der Waals surface area contributed by atoms with Gasteiger partial charge in [0.1, 0.15) is 5.75 Å². The van der Waals surface area contributed by atoms with Gasteiger partial charge in [0.25, 0.3) is 0 Å². The van der Waals surface area contributed by atoms with Gasteiger partial charge in [-0.3, -0.25) is 0 Å². The molecule has 2 rings (SSSR count). The number of carbonyl (C=O) groups is 1. The van der Waals surface area contributed by atoms with E-state index in [2.05, 4.69) is 4.72 Å². The van der Waals surface area contributed by atoms with Crippen molar-refractivity contribution in [2.75, 3.05) is 13.2 Å². The van der Waals surface area contributed by atoms with Gasteiger partial charge < -0.3 is 14.6 Å². The minimum atomic E-state index is -3.64. The molecule has 0 radical (unpaired) electrons. The second kappa shape index (κ2) is 6.86. The maximum absolute atomic E-state index is 12.4. The van der Waals surface area contributed by atoms with Crippen molar-refractivity contribution in [2.45, 2.75) is 43.2 Å². The molecule has 1 fully saturated rings.